The van der Waals surface area contributed by atoms with Gasteiger partial charge >= 0.3 is 6.09 Å². The molecular weight excluding hydrogens is 204 g/mol. The maximum Gasteiger partial charge on any atom is 0.410 e. The SMILES string of the molecule is CC(C)(C)N(C(=O)OCCCN)C(C)(C)C. The average molecular weight is 230 g/mol. The van der Waals surface area contributed by atoms with Crippen LogP contribution in [0.25, 0.3) is 0 Å². The van der Waals surface area contributed by atoms with Crippen LogP contribution in [0.5, 0.6) is 0 Å². The molecule has 0 heterocycles. The van der Waals surface area contributed by atoms with Crippen molar-refractivity contribution in [3.63, 3.8) is 0 Å². The van der Waals surface area contributed by atoms with Crippen molar-refractivity contribution in [2.24, 2.45) is 5.73 Å². The highest BCUT2D eigenvalue weighted by molar-refractivity contribution is 5.69. The molecule has 0 atom stereocenters. The van der Waals surface area contributed by atoms with Crippen LogP contribution in [0.15, 0.2) is 0 Å². The van der Waals surface area contributed by atoms with Crippen LogP contribution in [-0.2, 0) is 4.74 Å². The van der Waals surface area contributed by atoms with E-state index in [4.69, 9.17) is 10.5 Å². The number of amides is 1. The van der Waals surface area contributed by atoms with E-state index in [1.165, 1.54) is 0 Å². The molecule has 1 amide bonds. The summed E-state index contributed by atoms with van der Waals surface area (Å²) in [4.78, 5) is 13.7. The fourth-order valence-corrected chi connectivity index (χ4v) is 1.86. The minimum Gasteiger partial charge on any atom is -0.449 e. The van der Waals surface area contributed by atoms with Crippen LogP contribution in [0.2, 0.25) is 0 Å². The lowest BCUT2D eigenvalue weighted by Gasteiger charge is -2.44. The third-order valence-corrected chi connectivity index (χ3v) is 2.10. The van der Waals surface area contributed by atoms with Gasteiger partial charge in [-0.3, -0.25) is 4.90 Å². The number of ether oxygens (including phenoxy) is 1. The Kier molecular flexibility index (Phi) is 5.26. The molecule has 0 aromatic carbocycles. The van der Waals surface area contributed by atoms with Crippen LogP contribution in [0.1, 0.15) is 48.0 Å². The second-order valence-electron chi connectivity index (χ2n) is 5.93. The van der Waals surface area contributed by atoms with Crippen molar-refractivity contribution in [1.29, 1.82) is 0 Å². The molecule has 0 aliphatic heterocycles. The molecule has 0 spiro atoms. The molecule has 0 radical (unpaired) electrons. The van der Waals surface area contributed by atoms with Gasteiger partial charge in [-0.15, -0.1) is 0 Å². The Morgan fingerprint density at radius 2 is 1.56 bits per heavy atom. The van der Waals surface area contributed by atoms with E-state index >= 15 is 0 Å². The number of hydrogen-bond donors (Lipinski definition) is 1. The molecule has 2 N–H and O–H groups in total. The Morgan fingerprint density at radius 1 is 1.12 bits per heavy atom. The van der Waals surface area contributed by atoms with Crippen molar-refractivity contribution in [2.45, 2.75) is 59.0 Å². The Morgan fingerprint density at radius 3 is 1.88 bits per heavy atom. The number of nitrogens with two attached hydrogens (primary N) is 1. The zero-order valence-corrected chi connectivity index (χ0v) is 11.5. The van der Waals surface area contributed by atoms with Crippen LogP contribution in [0.4, 0.5) is 4.79 Å². The molecule has 0 saturated heterocycles. The summed E-state index contributed by atoms with van der Waals surface area (Å²) in [5, 5.41) is 0. The van der Waals surface area contributed by atoms with Crippen molar-refractivity contribution in [1.82, 2.24) is 4.90 Å². The summed E-state index contributed by atoms with van der Waals surface area (Å²) in [6.07, 6.45) is 0.432. The van der Waals surface area contributed by atoms with Gasteiger partial charge in [0.15, 0.2) is 0 Å². The molecular formula is C12H26N2O2. The summed E-state index contributed by atoms with van der Waals surface area (Å²) >= 11 is 0. The summed E-state index contributed by atoms with van der Waals surface area (Å²) in [6.45, 7) is 12.9. The molecule has 0 aliphatic rings. The molecule has 4 nitrogen and oxygen atoms in total. The summed E-state index contributed by atoms with van der Waals surface area (Å²) in [5.41, 5.74) is 4.85. The van der Waals surface area contributed by atoms with E-state index in [0.717, 1.165) is 0 Å². The van der Waals surface area contributed by atoms with E-state index in [9.17, 15) is 4.79 Å². The van der Waals surface area contributed by atoms with Gasteiger partial charge in [-0.1, -0.05) is 0 Å². The molecule has 0 rings (SSSR count). The maximum absolute atomic E-state index is 12.0. The molecule has 0 aromatic rings. The third kappa shape index (κ3) is 4.84. The van der Waals surface area contributed by atoms with E-state index in [2.05, 4.69) is 0 Å². The second kappa shape index (κ2) is 5.53. The molecule has 0 aromatic heterocycles. The van der Waals surface area contributed by atoms with E-state index in [1.54, 1.807) is 4.90 Å². The lowest BCUT2D eigenvalue weighted by Crippen LogP contribution is -2.55. The second-order valence-corrected chi connectivity index (χ2v) is 5.93. The lowest BCUT2D eigenvalue weighted by atomic mass is 9.97. The summed E-state index contributed by atoms with van der Waals surface area (Å²) in [7, 11) is 0. The quantitative estimate of drug-likeness (QED) is 0.757. The average Bonchev–Trinajstić information content (AvgIpc) is 1.98. The van der Waals surface area contributed by atoms with Gasteiger partial charge in [0.1, 0.15) is 0 Å². The van der Waals surface area contributed by atoms with Gasteiger partial charge in [-0.2, -0.15) is 0 Å². The Hall–Kier alpha value is -0.770. The first-order chi connectivity index (χ1) is 7.10. The molecule has 0 bridgehead atoms. The van der Waals surface area contributed by atoms with Crippen LogP contribution < -0.4 is 5.73 Å². The molecule has 16 heavy (non-hydrogen) atoms. The number of carbonyl (C=O) groups is 1. The zero-order chi connectivity index (χ0) is 13.0. The minimum absolute atomic E-state index is 0.252. The number of hydrogen-bond acceptors (Lipinski definition) is 3. The van der Waals surface area contributed by atoms with E-state index in [-0.39, 0.29) is 17.2 Å². The van der Waals surface area contributed by atoms with Gasteiger partial charge in [0.2, 0.25) is 0 Å². The molecule has 0 unspecified atom stereocenters. The van der Waals surface area contributed by atoms with Crippen LogP contribution >= 0.6 is 0 Å². The topological polar surface area (TPSA) is 55.6 Å². The Labute approximate surface area is 99.1 Å². The van der Waals surface area contributed by atoms with Gasteiger partial charge < -0.3 is 10.5 Å². The zero-order valence-electron chi connectivity index (χ0n) is 11.5. The first-order valence-corrected chi connectivity index (χ1v) is 5.78. The van der Waals surface area contributed by atoms with Crippen LogP contribution in [-0.4, -0.2) is 35.2 Å². The van der Waals surface area contributed by atoms with Gasteiger partial charge in [-0.05, 0) is 54.5 Å². The summed E-state index contributed by atoms with van der Waals surface area (Å²) in [6, 6.07) is 0. The van der Waals surface area contributed by atoms with Crippen molar-refractivity contribution in [2.75, 3.05) is 13.2 Å². The standard InChI is InChI=1S/C12H26N2O2/c1-11(2,3)14(12(4,5)6)10(15)16-9-7-8-13/h7-9,13H2,1-6H3. The Bertz CT molecular complexity index is 212. The summed E-state index contributed by atoms with van der Waals surface area (Å²) < 4.78 is 5.20. The highest BCUT2D eigenvalue weighted by Crippen LogP contribution is 2.25. The number of nitrogens with zero attached hydrogens (tertiary/aromatic N) is 1. The van der Waals surface area contributed by atoms with Gasteiger partial charge in [0.05, 0.1) is 6.61 Å². The summed E-state index contributed by atoms with van der Waals surface area (Å²) in [5.74, 6) is 0. The lowest BCUT2D eigenvalue weighted by molar-refractivity contribution is 0.0204. The fourth-order valence-electron chi connectivity index (χ4n) is 1.86. The predicted octanol–water partition coefficient (Wildman–Crippen LogP) is 2.37. The largest absolute Gasteiger partial charge is 0.449 e. The normalized spacial score (nSPS) is 12.4. The molecule has 4 heteroatoms. The van der Waals surface area contributed by atoms with Crippen LogP contribution in [0.3, 0.4) is 0 Å². The monoisotopic (exact) mass is 230 g/mol. The van der Waals surface area contributed by atoms with Crippen molar-refractivity contribution in [3.8, 4) is 0 Å². The molecule has 0 saturated carbocycles. The number of carbonyl (C=O) groups excluding carboxylic acids is 1. The first-order valence-electron chi connectivity index (χ1n) is 5.78. The van der Waals surface area contributed by atoms with E-state index in [1.807, 2.05) is 41.5 Å². The van der Waals surface area contributed by atoms with Crippen molar-refractivity contribution in [3.05, 3.63) is 0 Å². The maximum atomic E-state index is 12.0. The van der Waals surface area contributed by atoms with Gasteiger partial charge in [-0.25, -0.2) is 4.79 Å². The molecule has 0 aliphatic carbocycles. The van der Waals surface area contributed by atoms with E-state index < -0.39 is 0 Å². The highest BCUT2D eigenvalue weighted by atomic mass is 16.6. The molecule has 0 fully saturated rings. The van der Waals surface area contributed by atoms with Crippen LogP contribution in [0, 0.1) is 0 Å². The van der Waals surface area contributed by atoms with Gasteiger partial charge in [0.25, 0.3) is 0 Å². The molecule has 96 valence electrons. The minimum atomic E-state index is -0.270. The van der Waals surface area contributed by atoms with Crippen molar-refractivity contribution >= 4 is 6.09 Å². The highest BCUT2D eigenvalue weighted by Gasteiger charge is 2.36. The third-order valence-electron chi connectivity index (χ3n) is 2.10. The Balaban J connectivity index is 4.61. The fraction of sp³-hybridized carbons (Fsp3) is 0.917. The van der Waals surface area contributed by atoms with Gasteiger partial charge in [0, 0.05) is 11.1 Å². The number of rotatable bonds is 3. The smallest absolute Gasteiger partial charge is 0.410 e. The first kappa shape index (κ1) is 15.2. The predicted molar refractivity (Wildman–Crippen MR) is 66.4 cm³/mol. The van der Waals surface area contributed by atoms with Crippen molar-refractivity contribution < 1.29 is 9.53 Å². The van der Waals surface area contributed by atoms with E-state index in [0.29, 0.717) is 19.6 Å².